The third kappa shape index (κ3) is 3.40. The molecule has 1 amide bonds. The number of carbonyl (C=O) groups excluding carboxylic acids is 1. The van der Waals surface area contributed by atoms with Gasteiger partial charge in [-0.15, -0.1) is 0 Å². The van der Waals surface area contributed by atoms with Gasteiger partial charge in [0.15, 0.2) is 0 Å². The van der Waals surface area contributed by atoms with Crippen molar-refractivity contribution in [2.24, 2.45) is 0 Å². The average molecular weight is 411 g/mol. The maximum absolute atomic E-state index is 12.6. The molecular weight excluding hydrogens is 394 g/mol. The van der Waals surface area contributed by atoms with Crippen LogP contribution in [0.1, 0.15) is 0 Å². The molecule has 3 aromatic carbocycles. The quantitative estimate of drug-likeness (QED) is 0.475. The van der Waals surface area contributed by atoms with Crippen molar-refractivity contribution < 1.29 is 4.79 Å². The molecule has 0 aliphatic carbocycles. The summed E-state index contributed by atoms with van der Waals surface area (Å²) in [4.78, 5) is 43.4. The Labute approximate surface area is 175 Å². The lowest BCUT2D eigenvalue weighted by Gasteiger charge is -2.11. The molecule has 0 fully saturated rings. The Morgan fingerprint density at radius 2 is 1.61 bits per heavy atom. The Balaban J connectivity index is 1.38. The molecule has 0 unspecified atom stereocenters. The van der Waals surface area contributed by atoms with Gasteiger partial charge < -0.3 is 5.32 Å². The number of amides is 1. The lowest BCUT2D eigenvalue weighted by atomic mass is 10.2. The third-order valence-corrected chi connectivity index (χ3v) is 5.09. The molecule has 8 heteroatoms. The van der Waals surface area contributed by atoms with E-state index in [-0.39, 0.29) is 12.5 Å². The van der Waals surface area contributed by atoms with Crippen molar-refractivity contribution in [2.45, 2.75) is 6.54 Å². The van der Waals surface area contributed by atoms with Crippen LogP contribution in [0.25, 0.3) is 27.6 Å². The highest BCUT2D eigenvalue weighted by Crippen LogP contribution is 2.19. The van der Waals surface area contributed by atoms with Gasteiger partial charge in [0.25, 0.3) is 5.56 Å². The molecule has 5 rings (SSSR count). The number of hydrogen-bond acceptors (Lipinski definition) is 4. The van der Waals surface area contributed by atoms with Gasteiger partial charge in [-0.25, -0.2) is 9.78 Å². The summed E-state index contributed by atoms with van der Waals surface area (Å²) in [5.74, 6) is -0.375. The van der Waals surface area contributed by atoms with Crippen LogP contribution in [0.4, 0.5) is 5.69 Å². The van der Waals surface area contributed by atoms with E-state index in [1.807, 2.05) is 41.0 Å². The SMILES string of the molecule is O=C(Cn1c(=O)[nH]c(=O)c2ccccc21)Nc1ccc(-n2cnc3ccccc32)cc1. The lowest BCUT2D eigenvalue weighted by Crippen LogP contribution is -2.34. The first-order chi connectivity index (χ1) is 15.1. The van der Waals surface area contributed by atoms with Gasteiger partial charge in [0, 0.05) is 11.4 Å². The molecular formula is C23H17N5O3. The Hall–Kier alpha value is -4.46. The van der Waals surface area contributed by atoms with Gasteiger partial charge in [0.05, 0.1) is 21.9 Å². The van der Waals surface area contributed by atoms with Gasteiger partial charge in [0.1, 0.15) is 12.9 Å². The topological polar surface area (TPSA) is 102 Å². The van der Waals surface area contributed by atoms with Crippen LogP contribution in [0.15, 0.2) is 88.7 Å². The standard InChI is InChI=1S/C23H17N5O3/c29-21(13-27-19-7-3-1-5-17(19)22(30)26-23(27)31)25-15-9-11-16(12-10-15)28-14-24-18-6-2-4-8-20(18)28/h1-12,14H,13H2,(H,25,29)(H,26,30,31). The van der Waals surface area contributed by atoms with Crippen LogP contribution in [0, 0.1) is 0 Å². The van der Waals surface area contributed by atoms with Crippen molar-refractivity contribution in [1.82, 2.24) is 19.1 Å². The van der Waals surface area contributed by atoms with Crippen LogP contribution in [0.3, 0.4) is 0 Å². The Morgan fingerprint density at radius 3 is 2.42 bits per heavy atom. The largest absolute Gasteiger partial charge is 0.329 e. The second kappa shape index (κ2) is 7.42. The summed E-state index contributed by atoms with van der Waals surface area (Å²) < 4.78 is 3.21. The summed E-state index contributed by atoms with van der Waals surface area (Å²) in [6.45, 7) is -0.218. The number of anilines is 1. The highest BCUT2D eigenvalue weighted by Gasteiger charge is 2.11. The summed E-state index contributed by atoms with van der Waals surface area (Å²) in [7, 11) is 0. The molecule has 152 valence electrons. The predicted octanol–water partition coefficient (Wildman–Crippen LogP) is 2.67. The number of hydrogen-bond donors (Lipinski definition) is 2. The van der Waals surface area contributed by atoms with E-state index < -0.39 is 11.2 Å². The average Bonchev–Trinajstić information content (AvgIpc) is 3.21. The van der Waals surface area contributed by atoms with Crippen LogP contribution in [-0.4, -0.2) is 25.0 Å². The normalized spacial score (nSPS) is 11.1. The molecule has 0 radical (unpaired) electrons. The highest BCUT2D eigenvalue weighted by molar-refractivity contribution is 5.91. The lowest BCUT2D eigenvalue weighted by molar-refractivity contribution is -0.116. The number of nitrogens with one attached hydrogen (secondary N) is 2. The summed E-state index contributed by atoms with van der Waals surface area (Å²) in [5.41, 5.74) is 2.71. The van der Waals surface area contributed by atoms with Gasteiger partial charge in [-0.2, -0.15) is 0 Å². The van der Waals surface area contributed by atoms with Gasteiger partial charge in [-0.3, -0.25) is 23.7 Å². The van der Waals surface area contributed by atoms with Crippen molar-refractivity contribution in [2.75, 3.05) is 5.32 Å². The third-order valence-electron chi connectivity index (χ3n) is 5.09. The Bertz CT molecular complexity index is 1540. The second-order valence-electron chi connectivity index (χ2n) is 7.06. The summed E-state index contributed by atoms with van der Waals surface area (Å²) in [6, 6.07) is 21.8. The highest BCUT2D eigenvalue weighted by atomic mass is 16.2. The first-order valence-corrected chi connectivity index (χ1v) is 9.64. The van der Waals surface area contributed by atoms with Crippen LogP contribution in [-0.2, 0) is 11.3 Å². The molecule has 2 N–H and O–H groups in total. The van der Waals surface area contributed by atoms with Crippen molar-refractivity contribution in [3.63, 3.8) is 0 Å². The second-order valence-corrected chi connectivity index (χ2v) is 7.06. The molecule has 0 saturated heterocycles. The molecule has 0 bridgehead atoms. The Kier molecular flexibility index (Phi) is 4.44. The molecule has 0 atom stereocenters. The molecule has 0 spiro atoms. The van der Waals surface area contributed by atoms with Crippen molar-refractivity contribution in [3.8, 4) is 5.69 Å². The van der Waals surface area contributed by atoms with E-state index in [0.717, 1.165) is 16.7 Å². The minimum Gasteiger partial charge on any atom is -0.325 e. The fourth-order valence-electron chi connectivity index (χ4n) is 3.61. The summed E-state index contributed by atoms with van der Waals surface area (Å²) in [5, 5.41) is 3.14. The van der Waals surface area contributed by atoms with E-state index in [4.69, 9.17) is 0 Å². The molecule has 2 aromatic heterocycles. The maximum Gasteiger partial charge on any atom is 0.329 e. The smallest absolute Gasteiger partial charge is 0.325 e. The molecule has 0 saturated carbocycles. The molecule has 8 nitrogen and oxygen atoms in total. The van der Waals surface area contributed by atoms with E-state index >= 15 is 0 Å². The number of H-pyrrole nitrogens is 1. The monoisotopic (exact) mass is 411 g/mol. The minimum atomic E-state index is -0.624. The zero-order valence-electron chi connectivity index (χ0n) is 16.3. The maximum atomic E-state index is 12.6. The van der Waals surface area contributed by atoms with E-state index in [1.54, 1.807) is 42.7 Å². The zero-order valence-corrected chi connectivity index (χ0v) is 16.3. The number of para-hydroxylation sites is 3. The van der Waals surface area contributed by atoms with Crippen LogP contribution in [0.5, 0.6) is 0 Å². The van der Waals surface area contributed by atoms with Crippen molar-refractivity contribution in [1.29, 1.82) is 0 Å². The molecule has 0 aliphatic heterocycles. The number of nitrogens with zero attached hydrogens (tertiary/aromatic N) is 3. The Morgan fingerprint density at radius 1 is 0.903 bits per heavy atom. The molecule has 2 heterocycles. The van der Waals surface area contributed by atoms with E-state index in [0.29, 0.717) is 16.6 Å². The molecule has 0 aliphatic rings. The summed E-state index contributed by atoms with van der Waals surface area (Å²) in [6.07, 6.45) is 1.76. The van der Waals surface area contributed by atoms with Crippen molar-refractivity contribution in [3.05, 3.63) is 100.0 Å². The number of fused-ring (bicyclic) bond motifs is 2. The van der Waals surface area contributed by atoms with Crippen LogP contribution < -0.4 is 16.6 Å². The molecule has 5 aromatic rings. The predicted molar refractivity (Wildman–Crippen MR) is 119 cm³/mol. The zero-order chi connectivity index (χ0) is 21.4. The van der Waals surface area contributed by atoms with E-state index in [2.05, 4.69) is 15.3 Å². The van der Waals surface area contributed by atoms with Crippen LogP contribution >= 0.6 is 0 Å². The first kappa shape index (κ1) is 18.6. The number of carbonyl (C=O) groups is 1. The number of aromatic amines is 1. The molecule has 31 heavy (non-hydrogen) atoms. The van der Waals surface area contributed by atoms with Gasteiger partial charge in [-0.05, 0) is 48.5 Å². The van der Waals surface area contributed by atoms with E-state index in [9.17, 15) is 14.4 Å². The van der Waals surface area contributed by atoms with E-state index in [1.165, 1.54) is 4.57 Å². The minimum absolute atomic E-state index is 0.218. The number of aromatic nitrogens is 4. The summed E-state index contributed by atoms with van der Waals surface area (Å²) >= 11 is 0. The van der Waals surface area contributed by atoms with Crippen LogP contribution in [0.2, 0.25) is 0 Å². The van der Waals surface area contributed by atoms with Crippen molar-refractivity contribution >= 4 is 33.5 Å². The first-order valence-electron chi connectivity index (χ1n) is 9.64. The fourth-order valence-corrected chi connectivity index (χ4v) is 3.61. The number of imidazole rings is 1. The number of benzene rings is 3. The fraction of sp³-hybridized carbons (Fsp3) is 0.0435. The van der Waals surface area contributed by atoms with Gasteiger partial charge >= 0.3 is 5.69 Å². The van der Waals surface area contributed by atoms with Gasteiger partial charge in [-0.1, -0.05) is 24.3 Å². The van der Waals surface area contributed by atoms with Gasteiger partial charge in [0.2, 0.25) is 5.91 Å². The number of rotatable bonds is 4.